The third kappa shape index (κ3) is 3.96. The van der Waals surface area contributed by atoms with Gasteiger partial charge in [0.25, 0.3) is 0 Å². The highest BCUT2D eigenvalue weighted by molar-refractivity contribution is 7.99. The molecule has 3 atom stereocenters. The maximum Gasteiger partial charge on any atom is 0.336 e. The van der Waals surface area contributed by atoms with Crippen molar-refractivity contribution < 1.29 is 15.0 Å². The average Bonchev–Trinajstić information content (AvgIpc) is 2.26. The van der Waals surface area contributed by atoms with E-state index in [1.54, 1.807) is 0 Å². The fourth-order valence-electron chi connectivity index (χ4n) is 1.96. The van der Waals surface area contributed by atoms with Crippen molar-refractivity contribution in [3.63, 3.8) is 0 Å². The molecule has 0 aromatic carbocycles. The Labute approximate surface area is 101 Å². The monoisotopic (exact) mass is 247 g/mol. The lowest BCUT2D eigenvalue weighted by Crippen LogP contribution is -2.48. The number of thioether (sulfide) groups is 1. The molecule has 0 saturated heterocycles. The van der Waals surface area contributed by atoms with Crippen molar-refractivity contribution in [2.45, 2.75) is 49.5 Å². The summed E-state index contributed by atoms with van der Waals surface area (Å²) in [7, 11) is 0. The Balaban J connectivity index is 2.35. The van der Waals surface area contributed by atoms with Crippen LogP contribution in [0.2, 0.25) is 0 Å². The van der Waals surface area contributed by atoms with Gasteiger partial charge >= 0.3 is 5.97 Å². The number of aliphatic carboxylic acids is 1. The zero-order valence-electron chi connectivity index (χ0n) is 9.90. The molecule has 3 unspecified atom stereocenters. The average molecular weight is 247 g/mol. The second kappa shape index (κ2) is 5.89. The van der Waals surface area contributed by atoms with Gasteiger partial charge in [-0.1, -0.05) is 6.42 Å². The van der Waals surface area contributed by atoms with E-state index in [1.165, 1.54) is 19.8 Å². The Hall–Kier alpha value is -0.260. The fraction of sp³-hybridized carbons (Fsp3) is 0.909. The second-order valence-electron chi connectivity index (χ2n) is 4.68. The van der Waals surface area contributed by atoms with E-state index >= 15 is 0 Å². The molecule has 0 heterocycles. The number of hydrogen-bond donors (Lipinski definition) is 3. The van der Waals surface area contributed by atoms with Gasteiger partial charge in [-0.2, -0.15) is 11.8 Å². The summed E-state index contributed by atoms with van der Waals surface area (Å²) in [6, 6.07) is 0.344. The molecule has 1 saturated carbocycles. The normalized spacial score (nSPS) is 29.7. The van der Waals surface area contributed by atoms with Gasteiger partial charge in [0.2, 0.25) is 0 Å². The lowest BCUT2D eigenvalue weighted by atomic mass is 9.94. The summed E-state index contributed by atoms with van der Waals surface area (Å²) in [5, 5.41) is 22.2. The van der Waals surface area contributed by atoms with Crippen LogP contribution in [0.4, 0.5) is 0 Å². The quantitative estimate of drug-likeness (QED) is 0.678. The van der Waals surface area contributed by atoms with Gasteiger partial charge in [-0.3, -0.25) is 0 Å². The molecule has 1 aliphatic rings. The topological polar surface area (TPSA) is 69.6 Å². The van der Waals surface area contributed by atoms with Gasteiger partial charge in [-0.15, -0.1) is 0 Å². The van der Waals surface area contributed by atoms with Crippen LogP contribution in [0.3, 0.4) is 0 Å². The zero-order chi connectivity index (χ0) is 12.2. The van der Waals surface area contributed by atoms with Gasteiger partial charge in [0.15, 0.2) is 5.60 Å². The van der Waals surface area contributed by atoms with Crippen LogP contribution in [-0.4, -0.2) is 45.9 Å². The van der Waals surface area contributed by atoms with Crippen molar-refractivity contribution in [1.29, 1.82) is 0 Å². The molecule has 0 aromatic rings. The van der Waals surface area contributed by atoms with Crippen molar-refractivity contribution in [2.75, 3.05) is 12.8 Å². The van der Waals surface area contributed by atoms with Crippen LogP contribution in [0.1, 0.15) is 32.6 Å². The molecular formula is C11H21NO3S. The lowest BCUT2D eigenvalue weighted by Gasteiger charge is -2.30. The van der Waals surface area contributed by atoms with Crippen LogP contribution < -0.4 is 5.32 Å². The van der Waals surface area contributed by atoms with E-state index in [2.05, 4.69) is 11.6 Å². The molecule has 1 rings (SSSR count). The highest BCUT2D eigenvalue weighted by Gasteiger charge is 2.31. The molecule has 0 aromatic heterocycles. The molecule has 0 bridgehead atoms. The molecule has 1 aliphatic carbocycles. The Morgan fingerprint density at radius 2 is 2.25 bits per heavy atom. The molecule has 4 nitrogen and oxygen atoms in total. The van der Waals surface area contributed by atoms with Crippen LogP contribution in [-0.2, 0) is 4.79 Å². The summed E-state index contributed by atoms with van der Waals surface area (Å²) in [6.45, 7) is 1.45. The smallest absolute Gasteiger partial charge is 0.336 e. The Bertz CT molecular complexity index is 245. The molecule has 0 amide bonds. The molecule has 3 N–H and O–H groups in total. The fourth-order valence-corrected chi connectivity index (χ4v) is 2.79. The van der Waals surface area contributed by atoms with E-state index in [-0.39, 0.29) is 6.54 Å². The molecule has 16 heavy (non-hydrogen) atoms. The first-order valence-corrected chi connectivity index (χ1v) is 6.96. The molecule has 94 valence electrons. The lowest BCUT2D eigenvalue weighted by molar-refractivity contribution is -0.156. The van der Waals surface area contributed by atoms with Crippen LogP contribution in [0.25, 0.3) is 0 Å². The highest BCUT2D eigenvalue weighted by atomic mass is 32.2. The number of carbonyl (C=O) groups is 1. The van der Waals surface area contributed by atoms with Gasteiger partial charge in [-0.25, -0.2) is 4.79 Å². The van der Waals surface area contributed by atoms with Crippen molar-refractivity contribution in [1.82, 2.24) is 5.32 Å². The summed E-state index contributed by atoms with van der Waals surface area (Å²) in [4.78, 5) is 10.7. The molecule has 0 spiro atoms. The maximum absolute atomic E-state index is 10.7. The zero-order valence-corrected chi connectivity index (χ0v) is 10.7. The first-order valence-electron chi connectivity index (χ1n) is 5.67. The molecule has 5 heteroatoms. The Morgan fingerprint density at radius 3 is 2.81 bits per heavy atom. The minimum Gasteiger partial charge on any atom is -0.479 e. The van der Waals surface area contributed by atoms with Crippen molar-refractivity contribution in [3.8, 4) is 0 Å². The van der Waals surface area contributed by atoms with E-state index in [1.807, 2.05) is 11.8 Å². The number of aliphatic hydroxyl groups is 1. The summed E-state index contributed by atoms with van der Waals surface area (Å²) in [5.74, 6) is -1.17. The van der Waals surface area contributed by atoms with E-state index in [0.29, 0.717) is 11.3 Å². The third-order valence-electron chi connectivity index (χ3n) is 3.16. The predicted octanol–water partition coefficient (Wildman–Crippen LogP) is 1.09. The van der Waals surface area contributed by atoms with Crippen molar-refractivity contribution >= 4 is 17.7 Å². The minimum atomic E-state index is -1.66. The van der Waals surface area contributed by atoms with E-state index in [4.69, 9.17) is 5.11 Å². The molecule has 0 radical (unpaired) electrons. The summed E-state index contributed by atoms with van der Waals surface area (Å²) in [5.41, 5.74) is -1.66. The molecule has 1 fully saturated rings. The molecular weight excluding hydrogens is 226 g/mol. The highest BCUT2D eigenvalue weighted by Crippen LogP contribution is 2.26. The first-order chi connectivity index (χ1) is 7.45. The van der Waals surface area contributed by atoms with Gasteiger partial charge in [0.05, 0.1) is 0 Å². The van der Waals surface area contributed by atoms with Crippen LogP contribution in [0.5, 0.6) is 0 Å². The van der Waals surface area contributed by atoms with Crippen LogP contribution in [0.15, 0.2) is 0 Å². The Morgan fingerprint density at radius 1 is 1.56 bits per heavy atom. The first kappa shape index (κ1) is 13.8. The Kier molecular flexibility index (Phi) is 5.08. The number of carboxylic acid groups (broad SMARTS) is 1. The van der Waals surface area contributed by atoms with Gasteiger partial charge < -0.3 is 15.5 Å². The van der Waals surface area contributed by atoms with Gasteiger partial charge in [0.1, 0.15) is 0 Å². The standard InChI is InChI=1S/C11H21NO3S/c1-11(15,10(13)14)7-12-8-4-3-5-9(6-8)16-2/h8-9,12,15H,3-7H2,1-2H3,(H,13,14). The maximum atomic E-state index is 10.7. The summed E-state index contributed by atoms with van der Waals surface area (Å²) < 4.78 is 0. The number of carboxylic acids is 1. The van der Waals surface area contributed by atoms with Gasteiger partial charge in [-0.05, 0) is 32.4 Å². The van der Waals surface area contributed by atoms with Crippen molar-refractivity contribution in [2.24, 2.45) is 0 Å². The van der Waals surface area contributed by atoms with Crippen LogP contribution >= 0.6 is 11.8 Å². The predicted molar refractivity (Wildman–Crippen MR) is 65.8 cm³/mol. The largest absolute Gasteiger partial charge is 0.479 e. The number of hydrogen-bond acceptors (Lipinski definition) is 4. The van der Waals surface area contributed by atoms with E-state index < -0.39 is 11.6 Å². The summed E-state index contributed by atoms with van der Waals surface area (Å²) in [6.07, 6.45) is 6.68. The SMILES string of the molecule is CSC1CCCC(NCC(C)(O)C(=O)O)C1. The second-order valence-corrected chi connectivity index (χ2v) is 5.82. The van der Waals surface area contributed by atoms with Crippen molar-refractivity contribution in [3.05, 3.63) is 0 Å². The number of nitrogens with one attached hydrogen (secondary N) is 1. The third-order valence-corrected chi connectivity index (χ3v) is 4.25. The minimum absolute atomic E-state index is 0.119. The van der Waals surface area contributed by atoms with Crippen LogP contribution in [0, 0.1) is 0 Å². The van der Waals surface area contributed by atoms with E-state index in [0.717, 1.165) is 12.8 Å². The van der Waals surface area contributed by atoms with Gasteiger partial charge in [0, 0.05) is 17.8 Å². The van der Waals surface area contributed by atoms with E-state index in [9.17, 15) is 9.90 Å². The summed E-state index contributed by atoms with van der Waals surface area (Å²) >= 11 is 1.87. The number of rotatable bonds is 5. The molecule has 0 aliphatic heterocycles.